The van der Waals surface area contributed by atoms with E-state index in [4.69, 9.17) is 4.74 Å². The summed E-state index contributed by atoms with van der Waals surface area (Å²) in [5.74, 6) is 1.02. The third-order valence-electron chi connectivity index (χ3n) is 3.95. The highest BCUT2D eigenvalue weighted by Crippen LogP contribution is 2.19. The fourth-order valence-electron chi connectivity index (χ4n) is 2.62. The molecule has 5 nitrogen and oxygen atoms in total. The summed E-state index contributed by atoms with van der Waals surface area (Å²) in [5.41, 5.74) is 2.92. The molecule has 1 unspecified atom stereocenters. The minimum Gasteiger partial charge on any atom is -0.481 e. The van der Waals surface area contributed by atoms with E-state index in [-0.39, 0.29) is 5.91 Å². The first-order chi connectivity index (χ1) is 11.6. The molecule has 0 saturated carbocycles. The van der Waals surface area contributed by atoms with Crippen LogP contribution in [-0.4, -0.2) is 21.6 Å². The number of hydrogen-bond donors (Lipinski definition) is 1. The fourth-order valence-corrected chi connectivity index (χ4v) is 2.62. The molecule has 0 aliphatic heterocycles. The van der Waals surface area contributed by atoms with Gasteiger partial charge in [0, 0.05) is 7.05 Å². The first-order valence-electron chi connectivity index (χ1n) is 8.04. The fraction of sp³-hybridized carbons (Fsp3) is 0.263. The van der Waals surface area contributed by atoms with Gasteiger partial charge in [-0.3, -0.25) is 10.1 Å². The molecule has 5 heteroatoms. The number of ether oxygens (including phenoxy) is 1. The van der Waals surface area contributed by atoms with Crippen LogP contribution in [0.2, 0.25) is 0 Å². The first-order valence-corrected chi connectivity index (χ1v) is 8.04. The molecule has 0 aliphatic rings. The number of nitrogens with one attached hydrogen (secondary N) is 1. The zero-order valence-corrected chi connectivity index (χ0v) is 14.1. The Kier molecular flexibility index (Phi) is 4.51. The lowest BCUT2D eigenvalue weighted by molar-refractivity contribution is -0.122. The number of fused-ring (bicyclic) bond motifs is 1. The standard InChI is InChI=1S/C19H21N3O2/c1-4-17(24-14-9-7-8-13(2)12-14)18(23)21-19-20-15-10-5-6-11-16(15)22(19)3/h5-12,17H,4H2,1-3H3,(H,20,21,23). The van der Waals surface area contributed by atoms with Gasteiger partial charge in [-0.15, -0.1) is 0 Å². The van der Waals surface area contributed by atoms with Gasteiger partial charge in [0.05, 0.1) is 11.0 Å². The van der Waals surface area contributed by atoms with Crippen LogP contribution in [0.4, 0.5) is 5.95 Å². The summed E-state index contributed by atoms with van der Waals surface area (Å²) in [6.07, 6.45) is 0.00981. The van der Waals surface area contributed by atoms with Gasteiger partial charge in [-0.25, -0.2) is 4.98 Å². The molecule has 1 aromatic heterocycles. The minimum atomic E-state index is -0.563. The molecule has 124 valence electrons. The van der Waals surface area contributed by atoms with Crippen LogP contribution in [0, 0.1) is 6.92 Å². The molecule has 3 rings (SSSR count). The Balaban J connectivity index is 1.77. The predicted molar refractivity (Wildman–Crippen MR) is 95.2 cm³/mol. The normalized spacial score (nSPS) is 12.1. The number of rotatable bonds is 5. The van der Waals surface area contributed by atoms with Crippen molar-refractivity contribution in [3.05, 3.63) is 54.1 Å². The lowest BCUT2D eigenvalue weighted by Crippen LogP contribution is -2.33. The summed E-state index contributed by atoms with van der Waals surface area (Å²) in [5, 5.41) is 2.87. The number of aromatic nitrogens is 2. The molecule has 1 atom stereocenters. The molecular weight excluding hydrogens is 302 g/mol. The summed E-state index contributed by atoms with van der Waals surface area (Å²) < 4.78 is 7.71. The molecule has 1 amide bonds. The van der Waals surface area contributed by atoms with Crippen molar-refractivity contribution >= 4 is 22.9 Å². The highest BCUT2D eigenvalue weighted by atomic mass is 16.5. The molecule has 0 spiro atoms. The van der Waals surface area contributed by atoms with Gasteiger partial charge >= 0.3 is 0 Å². The maximum Gasteiger partial charge on any atom is 0.267 e. The van der Waals surface area contributed by atoms with Crippen molar-refractivity contribution in [2.45, 2.75) is 26.4 Å². The first kappa shape index (κ1) is 16.1. The molecule has 0 saturated heterocycles. The van der Waals surface area contributed by atoms with Gasteiger partial charge in [-0.05, 0) is 43.2 Å². The molecular formula is C19H21N3O2. The van der Waals surface area contributed by atoms with Gasteiger partial charge in [0.1, 0.15) is 5.75 Å². The topological polar surface area (TPSA) is 56.1 Å². The van der Waals surface area contributed by atoms with Crippen molar-refractivity contribution in [3.63, 3.8) is 0 Å². The Labute approximate surface area is 141 Å². The number of nitrogens with zero attached hydrogens (tertiary/aromatic N) is 2. The van der Waals surface area contributed by atoms with Crippen LogP contribution in [0.5, 0.6) is 5.75 Å². The lowest BCUT2D eigenvalue weighted by atomic mass is 10.2. The summed E-state index contributed by atoms with van der Waals surface area (Å²) >= 11 is 0. The second kappa shape index (κ2) is 6.74. The van der Waals surface area contributed by atoms with Crippen LogP contribution in [0.3, 0.4) is 0 Å². The molecule has 1 N–H and O–H groups in total. The van der Waals surface area contributed by atoms with E-state index in [0.717, 1.165) is 16.6 Å². The van der Waals surface area contributed by atoms with Crippen molar-refractivity contribution in [2.24, 2.45) is 7.05 Å². The number of benzene rings is 2. The molecule has 0 radical (unpaired) electrons. The van der Waals surface area contributed by atoms with E-state index in [9.17, 15) is 4.79 Å². The van der Waals surface area contributed by atoms with Crippen molar-refractivity contribution in [1.82, 2.24) is 9.55 Å². The maximum atomic E-state index is 12.6. The molecule has 2 aromatic carbocycles. The molecule has 0 fully saturated rings. The molecule has 1 heterocycles. The van der Waals surface area contributed by atoms with Gasteiger partial charge in [0.15, 0.2) is 6.10 Å². The number of para-hydroxylation sites is 2. The molecule has 0 bridgehead atoms. The van der Waals surface area contributed by atoms with Crippen molar-refractivity contribution in [2.75, 3.05) is 5.32 Å². The molecule has 24 heavy (non-hydrogen) atoms. The van der Waals surface area contributed by atoms with Gasteiger partial charge in [0.25, 0.3) is 5.91 Å². The summed E-state index contributed by atoms with van der Waals surface area (Å²) in [6, 6.07) is 15.5. The molecule has 3 aromatic rings. The summed E-state index contributed by atoms with van der Waals surface area (Å²) in [7, 11) is 1.88. The third kappa shape index (κ3) is 3.25. The van der Waals surface area contributed by atoms with Gasteiger partial charge in [0.2, 0.25) is 5.95 Å². The Hall–Kier alpha value is -2.82. The minimum absolute atomic E-state index is 0.197. The van der Waals surface area contributed by atoms with E-state index in [0.29, 0.717) is 18.1 Å². The lowest BCUT2D eigenvalue weighted by Gasteiger charge is -2.17. The zero-order valence-electron chi connectivity index (χ0n) is 14.1. The molecule has 0 aliphatic carbocycles. The number of aryl methyl sites for hydroxylation is 2. The smallest absolute Gasteiger partial charge is 0.267 e. The quantitative estimate of drug-likeness (QED) is 0.779. The Morgan fingerprint density at radius 3 is 2.75 bits per heavy atom. The van der Waals surface area contributed by atoms with Crippen LogP contribution in [0.15, 0.2) is 48.5 Å². The van der Waals surface area contributed by atoms with E-state index >= 15 is 0 Å². The van der Waals surface area contributed by atoms with Gasteiger partial charge in [-0.1, -0.05) is 31.2 Å². The summed E-state index contributed by atoms with van der Waals surface area (Å²) in [6.45, 7) is 3.92. The number of carbonyl (C=O) groups is 1. The highest BCUT2D eigenvalue weighted by molar-refractivity contribution is 5.94. The van der Waals surface area contributed by atoms with E-state index in [1.54, 1.807) is 0 Å². The van der Waals surface area contributed by atoms with Crippen LogP contribution in [0.1, 0.15) is 18.9 Å². The van der Waals surface area contributed by atoms with Gasteiger partial charge < -0.3 is 9.30 Å². The van der Waals surface area contributed by atoms with E-state index in [2.05, 4.69) is 10.3 Å². The average Bonchev–Trinajstić information content (AvgIpc) is 2.89. The van der Waals surface area contributed by atoms with Crippen molar-refractivity contribution in [3.8, 4) is 5.75 Å². The Morgan fingerprint density at radius 2 is 2.04 bits per heavy atom. The third-order valence-corrected chi connectivity index (χ3v) is 3.95. The zero-order chi connectivity index (χ0) is 17.1. The Morgan fingerprint density at radius 1 is 1.25 bits per heavy atom. The Bertz CT molecular complexity index is 870. The van der Waals surface area contributed by atoms with E-state index in [1.807, 2.05) is 74.0 Å². The number of imidazole rings is 1. The van der Waals surface area contributed by atoms with Crippen LogP contribution >= 0.6 is 0 Å². The number of anilines is 1. The predicted octanol–water partition coefficient (Wildman–Crippen LogP) is 3.68. The van der Waals surface area contributed by atoms with Crippen LogP contribution in [-0.2, 0) is 11.8 Å². The summed E-state index contributed by atoms with van der Waals surface area (Å²) in [4.78, 5) is 17.0. The largest absolute Gasteiger partial charge is 0.481 e. The highest BCUT2D eigenvalue weighted by Gasteiger charge is 2.20. The monoisotopic (exact) mass is 323 g/mol. The number of hydrogen-bond acceptors (Lipinski definition) is 3. The van der Waals surface area contributed by atoms with Crippen molar-refractivity contribution < 1.29 is 9.53 Å². The van der Waals surface area contributed by atoms with E-state index in [1.165, 1.54) is 0 Å². The van der Waals surface area contributed by atoms with E-state index < -0.39 is 6.10 Å². The second-order valence-corrected chi connectivity index (χ2v) is 5.80. The van der Waals surface area contributed by atoms with Gasteiger partial charge in [-0.2, -0.15) is 0 Å². The van der Waals surface area contributed by atoms with Crippen LogP contribution < -0.4 is 10.1 Å². The van der Waals surface area contributed by atoms with Crippen LogP contribution in [0.25, 0.3) is 11.0 Å². The number of amides is 1. The maximum absolute atomic E-state index is 12.6. The SMILES string of the molecule is CCC(Oc1cccc(C)c1)C(=O)Nc1nc2ccccc2n1C. The number of carbonyl (C=O) groups excluding carboxylic acids is 1. The van der Waals surface area contributed by atoms with Crippen molar-refractivity contribution in [1.29, 1.82) is 0 Å². The second-order valence-electron chi connectivity index (χ2n) is 5.80. The average molecular weight is 323 g/mol.